The molecule has 1 amide bonds. The highest BCUT2D eigenvalue weighted by Gasteiger charge is 2.29. The van der Waals surface area contributed by atoms with Gasteiger partial charge in [0, 0.05) is 12.5 Å². The molecule has 0 unspecified atom stereocenters. The lowest BCUT2D eigenvalue weighted by molar-refractivity contribution is -0.153. The van der Waals surface area contributed by atoms with E-state index in [1.54, 1.807) is 0 Å². The number of amides is 1. The second-order valence-corrected chi connectivity index (χ2v) is 3.98. The van der Waals surface area contributed by atoms with Gasteiger partial charge in [-0.2, -0.15) is 13.2 Å². The Kier molecular flexibility index (Phi) is 5.75. The highest BCUT2D eigenvalue weighted by atomic mass is 19.4. The average Bonchev–Trinajstić information content (AvgIpc) is 2.35. The normalized spacial score (nSPS) is 11.2. The van der Waals surface area contributed by atoms with Gasteiger partial charge in [0.05, 0.1) is 5.69 Å². The number of ether oxygens (including phenoxy) is 1. The number of carbonyl (C=O) groups excluding carboxylic acids is 1. The van der Waals surface area contributed by atoms with Gasteiger partial charge in [0.1, 0.15) is 11.6 Å². The van der Waals surface area contributed by atoms with Gasteiger partial charge in [-0.25, -0.2) is 4.39 Å². The molecule has 0 aliphatic carbocycles. The molecule has 0 heterocycles. The Labute approximate surface area is 112 Å². The third-order valence-electron chi connectivity index (χ3n) is 2.22. The number of hydrogen-bond donors (Lipinski definition) is 2. The van der Waals surface area contributed by atoms with E-state index in [4.69, 9.17) is 5.73 Å². The average molecular weight is 294 g/mol. The Morgan fingerprint density at radius 2 is 2.05 bits per heavy atom. The standard InChI is InChI=1S/C12H14F4N2O2/c13-8-3-4-9(18-11(19)2-1-5-17)10(6-8)20-7-12(14,15)16/h3-4,6H,1-2,5,7,17H2,(H,18,19). The highest BCUT2D eigenvalue weighted by Crippen LogP contribution is 2.27. The van der Waals surface area contributed by atoms with Crippen LogP contribution in [0.1, 0.15) is 12.8 Å². The maximum atomic E-state index is 13.0. The van der Waals surface area contributed by atoms with Crippen LogP contribution in [0.4, 0.5) is 23.2 Å². The summed E-state index contributed by atoms with van der Waals surface area (Å²) in [6.45, 7) is -1.25. The van der Waals surface area contributed by atoms with E-state index in [0.29, 0.717) is 13.0 Å². The molecule has 0 aromatic heterocycles. The molecule has 0 aliphatic heterocycles. The topological polar surface area (TPSA) is 64.4 Å². The number of anilines is 1. The van der Waals surface area contributed by atoms with Gasteiger partial charge in [0.2, 0.25) is 5.91 Å². The largest absolute Gasteiger partial charge is 0.482 e. The molecule has 1 rings (SSSR count). The van der Waals surface area contributed by atoms with Crippen LogP contribution < -0.4 is 15.8 Å². The Balaban J connectivity index is 2.76. The number of halogens is 4. The summed E-state index contributed by atoms with van der Waals surface area (Å²) >= 11 is 0. The predicted octanol–water partition coefficient (Wildman–Crippen LogP) is 2.44. The zero-order chi connectivity index (χ0) is 15.2. The van der Waals surface area contributed by atoms with Gasteiger partial charge in [-0.1, -0.05) is 0 Å². The minimum atomic E-state index is -4.55. The van der Waals surface area contributed by atoms with Crippen molar-refractivity contribution >= 4 is 11.6 Å². The zero-order valence-electron chi connectivity index (χ0n) is 10.5. The fourth-order valence-electron chi connectivity index (χ4n) is 1.35. The van der Waals surface area contributed by atoms with Crippen molar-refractivity contribution in [1.82, 2.24) is 0 Å². The Hall–Kier alpha value is -1.83. The van der Waals surface area contributed by atoms with Crippen LogP contribution in [0.15, 0.2) is 18.2 Å². The van der Waals surface area contributed by atoms with E-state index in [0.717, 1.165) is 18.2 Å². The summed E-state index contributed by atoms with van der Waals surface area (Å²) in [6.07, 6.45) is -3.99. The number of alkyl halides is 3. The van der Waals surface area contributed by atoms with Crippen molar-refractivity contribution in [2.45, 2.75) is 19.0 Å². The van der Waals surface area contributed by atoms with Crippen LogP contribution in [0, 0.1) is 5.82 Å². The van der Waals surface area contributed by atoms with Crippen LogP contribution in [-0.2, 0) is 4.79 Å². The molecule has 1 aromatic carbocycles. The van der Waals surface area contributed by atoms with E-state index >= 15 is 0 Å². The molecule has 0 saturated carbocycles. The molecule has 112 valence electrons. The second kappa shape index (κ2) is 7.09. The van der Waals surface area contributed by atoms with Crippen LogP contribution in [0.25, 0.3) is 0 Å². The molecule has 0 spiro atoms. The lowest BCUT2D eigenvalue weighted by Crippen LogP contribution is -2.20. The van der Waals surface area contributed by atoms with Crippen LogP contribution in [0.3, 0.4) is 0 Å². The van der Waals surface area contributed by atoms with Gasteiger partial charge in [-0.05, 0) is 25.1 Å². The van der Waals surface area contributed by atoms with Crippen molar-refractivity contribution in [2.24, 2.45) is 5.73 Å². The van der Waals surface area contributed by atoms with E-state index in [-0.39, 0.29) is 17.9 Å². The third-order valence-corrected chi connectivity index (χ3v) is 2.22. The van der Waals surface area contributed by atoms with E-state index in [1.807, 2.05) is 0 Å². The van der Waals surface area contributed by atoms with Crippen LogP contribution in [-0.4, -0.2) is 25.2 Å². The van der Waals surface area contributed by atoms with Gasteiger partial charge in [-0.3, -0.25) is 4.79 Å². The van der Waals surface area contributed by atoms with Gasteiger partial charge in [-0.15, -0.1) is 0 Å². The fourth-order valence-corrected chi connectivity index (χ4v) is 1.35. The van der Waals surface area contributed by atoms with Crippen molar-refractivity contribution in [3.8, 4) is 5.75 Å². The van der Waals surface area contributed by atoms with Crippen molar-refractivity contribution in [3.63, 3.8) is 0 Å². The Bertz CT molecular complexity index is 463. The minimum absolute atomic E-state index is 0.0160. The fraction of sp³-hybridized carbons (Fsp3) is 0.417. The molecular weight excluding hydrogens is 280 g/mol. The quantitative estimate of drug-likeness (QED) is 0.792. The molecule has 8 heteroatoms. The monoisotopic (exact) mass is 294 g/mol. The first-order valence-corrected chi connectivity index (χ1v) is 5.81. The van der Waals surface area contributed by atoms with Crippen molar-refractivity contribution < 1.29 is 27.1 Å². The minimum Gasteiger partial charge on any atom is -0.482 e. The van der Waals surface area contributed by atoms with E-state index < -0.39 is 24.5 Å². The number of nitrogens with two attached hydrogens (primary N) is 1. The summed E-state index contributed by atoms with van der Waals surface area (Å²) in [4.78, 5) is 11.5. The number of benzene rings is 1. The molecule has 0 radical (unpaired) electrons. The first-order valence-electron chi connectivity index (χ1n) is 5.81. The van der Waals surface area contributed by atoms with E-state index in [2.05, 4.69) is 10.1 Å². The van der Waals surface area contributed by atoms with Crippen molar-refractivity contribution in [3.05, 3.63) is 24.0 Å². The van der Waals surface area contributed by atoms with Crippen molar-refractivity contribution in [2.75, 3.05) is 18.5 Å². The number of hydrogen-bond acceptors (Lipinski definition) is 3. The molecule has 0 aliphatic rings. The summed E-state index contributed by atoms with van der Waals surface area (Å²) in [6, 6.07) is 2.94. The summed E-state index contributed by atoms with van der Waals surface area (Å²) in [5, 5.41) is 2.36. The van der Waals surface area contributed by atoms with Crippen LogP contribution in [0.5, 0.6) is 5.75 Å². The first-order chi connectivity index (χ1) is 9.31. The molecule has 0 fully saturated rings. The van der Waals surface area contributed by atoms with Crippen molar-refractivity contribution in [1.29, 1.82) is 0 Å². The van der Waals surface area contributed by atoms with Gasteiger partial charge in [0.25, 0.3) is 0 Å². The SMILES string of the molecule is NCCCC(=O)Nc1ccc(F)cc1OCC(F)(F)F. The number of nitrogens with one attached hydrogen (secondary N) is 1. The Morgan fingerprint density at radius 3 is 2.65 bits per heavy atom. The van der Waals surface area contributed by atoms with Crippen LogP contribution in [0.2, 0.25) is 0 Å². The summed E-state index contributed by atoms with van der Waals surface area (Å²) < 4.78 is 53.7. The predicted molar refractivity (Wildman–Crippen MR) is 64.9 cm³/mol. The number of rotatable bonds is 6. The molecule has 0 bridgehead atoms. The highest BCUT2D eigenvalue weighted by molar-refractivity contribution is 5.92. The lowest BCUT2D eigenvalue weighted by atomic mass is 10.2. The molecular formula is C12H14F4N2O2. The zero-order valence-corrected chi connectivity index (χ0v) is 10.5. The molecule has 20 heavy (non-hydrogen) atoms. The maximum absolute atomic E-state index is 13.0. The van der Waals surface area contributed by atoms with Gasteiger partial charge in [0.15, 0.2) is 6.61 Å². The lowest BCUT2D eigenvalue weighted by Gasteiger charge is -2.14. The van der Waals surface area contributed by atoms with E-state index in [1.165, 1.54) is 0 Å². The second-order valence-electron chi connectivity index (χ2n) is 3.98. The first kappa shape index (κ1) is 16.2. The summed E-state index contributed by atoms with van der Waals surface area (Å²) in [5.74, 6) is -1.57. The molecule has 0 saturated heterocycles. The molecule has 3 N–H and O–H groups in total. The Morgan fingerprint density at radius 1 is 1.35 bits per heavy atom. The number of carbonyl (C=O) groups is 1. The molecule has 4 nitrogen and oxygen atoms in total. The van der Waals surface area contributed by atoms with Gasteiger partial charge < -0.3 is 15.8 Å². The third kappa shape index (κ3) is 5.87. The van der Waals surface area contributed by atoms with Gasteiger partial charge >= 0.3 is 6.18 Å². The maximum Gasteiger partial charge on any atom is 0.422 e. The van der Waals surface area contributed by atoms with E-state index in [9.17, 15) is 22.4 Å². The molecule has 1 aromatic rings. The smallest absolute Gasteiger partial charge is 0.422 e. The summed E-state index contributed by atoms with van der Waals surface area (Å²) in [7, 11) is 0. The summed E-state index contributed by atoms with van der Waals surface area (Å²) in [5.41, 5.74) is 5.22. The van der Waals surface area contributed by atoms with Crippen LogP contribution >= 0.6 is 0 Å². The molecule has 0 atom stereocenters.